The molecule has 1 atom stereocenters. The highest BCUT2D eigenvalue weighted by Crippen LogP contribution is 2.16. The SMILES string of the molecule is CC(C)[C@@H](OC(=O)c1ccc(S(=O)(=O)N(C)C)cc1)C(=O)NC(N)=O. The van der Waals surface area contributed by atoms with E-state index >= 15 is 0 Å². The summed E-state index contributed by atoms with van der Waals surface area (Å²) in [5.74, 6) is -2.06. The second-order valence-electron chi connectivity index (χ2n) is 5.74. The van der Waals surface area contributed by atoms with Gasteiger partial charge in [0.25, 0.3) is 5.91 Å². The van der Waals surface area contributed by atoms with E-state index in [1.807, 2.05) is 5.32 Å². The van der Waals surface area contributed by atoms with Crippen LogP contribution >= 0.6 is 0 Å². The Kier molecular flexibility index (Phi) is 6.65. The standard InChI is InChI=1S/C15H21N3O6S/c1-9(2)12(13(19)17-15(16)21)24-14(20)10-5-7-11(8-6-10)25(22,23)18(3)4/h5-9,12H,1-4H3,(H3,16,17,19,21)/t12-/m1/s1. The topological polar surface area (TPSA) is 136 Å². The molecule has 25 heavy (non-hydrogen) atoms. The third-order valence-corrected chi connectivity index (χ3v) is 5.04. The van der Waals surface area contributed by atoms with Crippen molar-refractivity contribution >= 4 is 27.9 Å². The van der Waals surface area contributed by atoms with Gasteiger partial charge in [0, 0.05) is 14.1 Å². The van der Waals surface area contributed by atoms with Gasteiger partial charge < -0.3 is 10.5 Å². The van der Waals surface area contributed by atoms with E-state index in [0.29, 0.717) is 0 Å². The Hall–Kier alpha value is -2.46. The molecule has 3 amide bonds. The summed E-state index contributed by atoms with van der Waals surface area (Å²) in [6, 6.07) is 4.04. The van der Waals surface area contributed by atoms with Crippen molar-refractivity contribution in [3.8, 4) is 0 Å². The molecule has 0 spiro atoms. The third-order valence-electron chi connectivity index (χ3n) is 3.21. The van der Waals surface area contributed by atoms with Crippen LogP contribution < -0.4 is 11.1 Å². The third kappa shape index (κ3) is 5.26. The molecule has 0 aliphatic rings. The van der Waals surface area contributed by atoms with Crippen molar-refractivity contribution in [3.05, 3.63) is 29.8 Å². The first kappa shape index (κ1) is 20.6. The summed E-state index contributed by atoms with van der Waals surface area (Å²) in [5, 5.41) is 1.86. The Morgan fingerprint density at radius 1 is 1.12 bits per heavy atom. The van der Waals surface area contributed by atoms with E-state index in [0.717, 1.165) is 4.31 Å². The lowest BCUT2D eigenvalue weighted by Gasteiger charge is -2.20. The van der Waals surface area contributed by atoms with Gasteiger partial charge in [-0.05, 0) is 30.2 Å². The maximum absolute atomic E-state index is 12.2. The molecule has 0 bridgehead atoms. The van der Waals surface area contributed by atoms with Crippen molar-refractivity contribution < 1.29 is 27.5 Å². The number of sulfonamides is 1. The van der Waals surface area contributed by atoms with E-state index in [2.05, 4.69) is 0 Å². The number of carbonyl (C=O) groups excluding carboxylic acids is 3. The second kappa shape index (κ2) is 8.08. The van der Waals surface area contributed by atoms with Gasteiger partial charge in [0.15, 0.2) is 6.10 Å². The summed E-state index contributed by atoms with van der Waals surface area (Å²) in [5.41, 5.74) is 4.95. The summed E-state index contributed by atoms with van der Waals surface area (Å²) in [6.45, 7) is 3.26. The molecule has 0 aliphatic heterocycles. The molecule has 0 fully saturated rings. The van der Waals surface area contributed by atoms with Crippen LogP contribution in [0.3, 0.4) is 0 Å². The van der Waals surface area contributed by atoms with Crippen LogP contribution in [0.25, 0.3) is 0 Å². The molecule has 3 N–H and O–H groups in total. The number of ether oxygens (including phenoxy) is 1. The Morgan fingerprint density at radius 2 is 1.64 bits per heavy atom. The van der Waals surface area contributed by atoms with Crippen molar-refractivity contribution in [2.45, 2.75) is 24.8 Å². The predicted molar refractivity (Wildman–Crippen MR) is 89.1 cm³/mol. The van der Waals surface area contributed by atoms with Gasteiger partial charge in [-0.1, -0.05) is 13.8 Å². The molecular weight excluding hydrogens is 350 g/mol. The minimum absolute atomic E-state index is 0.0148. The first-order valence-corrected chi connectivity index (χ1v) is 8.74. The normalized spacial score (nSPS) is 12.7. The lowest BCUT2D eigenvalue weighted by molar-refractivity contribution is -0.130. The van der Waals surface area contributed by atoms with Crippen LogP contribution in [0, 0.1) is 5.92 Å². The number of rotatable bonds is 6. The summed E-state index contributed by atoms with van der Waals surface area (Å²) >= 11 is 0. The number of primary amides is 1. The van der Waals surface area contributed by atoms with Gasteiger partial charge in [0.2, 0.25) is 10.0 Å². The summed E-state index contributed by atoms with van der Waals surface area (Å²) in [7, 11) is -0.835. The van der Waals surface area contributed by atoms with Gasteiger partial charge >= 0.3 is 12.0 Å². The number of esters is 1. The molecule has 1 rings (SSSR count). The molecule has 0 heterocycles. The molecule has 0 aliphatic carbocycles. The van der Waals surface area contributed by atoms with Gasteiger partial charge in [-0.3, -0.25) is 10.1 Å². The van der Waals surface area contributed by atoms with Gasteiger partial charge in [-0.25, -0.2) is 22.3 Å². The molecule has 0 saturated heterocycles. The number of nitrogens with zero attached hydrogens (tertiary/aromatic N) is 1. The predicted octanol–water partition coefficient (Wildman–Crippen LogP) is 0.313. The van der Waals surface area contributed by atoms with E-state index in [1.165, 1.54) is 38.4 Å². The van der Waals surface area contributed by atoms with Crippen molar-refractivity contribution in [3.63, 3.8) is 0 Å². The number of hydrogen-bond acceptors (Lipinski definition) is 6. The number of amides is 3. The van der Waals surface area contributed by atoms with Crippen LogP contribution in [0.2, 0.25) is 0 Å². The van der Waals surface area contributed by atoms with Gasteiger partial charge in [-0.2, -0.15) is 0 Å². The number of nitrogens with one attached hydrogen (secondary N) is 1. The minimum Gasteiger partial charge on any atom is -0.448 e. The number of imide groups is 1. The summed E-state index contributed by atoms with van der Waals surface area (Å²) in [6.07, 6.45) is -1.22. The summed E-state index contributed by atoms with van der Waals surface area (Å²) in [4.78, 5) is 34.8. The zero-order chi connectivity index (χ0) is 19.4. The zero-order valence-corrected chi connectivity index (χ0v) is 15.2. The van der Waals surface area contributed by atoms with Crippen molar-refractivity contribution in [1.29, 1.82) is 0 Å². The lowest BCUT2D eigenvalue weighted by Crippen LogP contribution is -2.45. The zero-order valence-electron chi connectivity index (χ0n) is 14.3. The number of carbonyl (C=O) groups is 3. The van der Waals surface area contributed by atoms with Crippen LogP contribution in [0.1, 0.15) is 24.2 Å². The van der Waals surface area contributed by atoms with Crippen molar-refractivity contribution in [1.82, 2.24) is 9.62 Å². The van der Waals surface area contributed by atoms with Crippen LogP contribution in [0.4, 0.5) is 4.79 Å². The molecule has 1 aromatic carbocycles. The number of urea groups is 1. The minimum atomic E-state index is -3.62. The van der Waals surface area contributed by atoms with Crippen LogP contribution in [-0.4, -0.2) is 50.8 Å². The number of hydrogen-bond donors (Lipinski definition) is 2. The highest BCUT2D eigenvalue weighted by atomic mass is 32.2. The van der Waals surface area contributed by atoms with E-state index in [-0.39, 0.29) is 10.5 Å². The fourth-order valence-electron chi connectivity index (χ4n) is 1.84. The summed E-state index contributed by atoms with van der Waals surface area (Å²) < 4.78 is 30.1. The highest BCUT2D eigenvalue weighted by Gasteiger charge is 2.28. The first-order valence-electron chi connectivity index (χ1n) is 7.30. The molecule has 1 aromatic rings. The smallest absolute Gasteiger partial charge is 0.338 e. The van der Waals surface area contributed by atoms with Crippen molar-refractivity contribution in [2.24, 2.45) is 11.7 Å². The molecule has 0 unspecified atom stereocenters. The first-order chi connectivity index (χ1) is 11.5. The Morgan fingerprint density at radius 3 is 2.04 bits per heavy atom. The quantitative estimate of drug-likeness (QED) is 0.691. The Bertz CT molecular complexity index is 756. The van der Waals surface area contributed by atoms with E-state index in [9.17, 15) is 22.8 Å². The number of nitrogens with two attached hydrogens (primary N) is 1. The van der Waals surface area contributed by atoms with Crippen LogP contribution in [0.15, 0.2) is 29.2 Å². The maximum Gasteiger partial charge on any atom is 0.338 e. The maximum atomic E-state index is 12.2. The molecule has 138 valence electrons. The van der Waals surface area contributed by atoms with E-state index < -0.39 is 40.0 Å². The van der Waals surface area contributed by atoms with Crippen LogP contribution in [0.5, 0.6) is 0 Å². The Labute approximate surface area is 146 Å². The lowest BCUT2D eigenvalue weighted by atomic mass is 10.1. The largest absolute Gasteiger partial charge is 0.448 e. The second-order valence-corrected chi connectivity index (χ2v) is 7.89. The monoisotopic (exact) mass is 371 g/mol. The molecule has 0 radical (unpaired) electrons. The fourth-order valence-corrected chi connectivity index (χ4v) is 2.74. The molecular formula is C15H21N3O6S. The van der Waals surface area contributed by atoms with Gasteiger partial charge in [0.05, 0.1) is 10.5 Å². The molecule has 0 aromatic heterocycles. The average Bonchev–Trinajstić information content (AvgIpc) is 2.51. The van der Waals surface area contributed by atoms with Crippen molar-refractivity contribution in [2.75, 3.05) is 14.1 Å². The van der Waals surface area contributed by atoms with Gasteiger partial charge in [0.1, 0.15) is 0 Å². The average molecular weight is 371 g/mol. The van der Waals surface area contributed by atoms with E-state index in [1.54, 1.807) is 13.8 Å². The van der Waals surface area contributed by atoms with Gasteiger partial charge in [-0.15, -0.1) is 0 Å². The fraction of sp³-hybridized carbons (Fsp3) is 0.400. The number of benzene rings is 1. The molecule has 9 nitrogen and oxygen atoms in total. The highest BCUT2D eigenvalue weighted by molar-refractivity contribution is 7.89. The molecule has 0 saturated carbocycles. The van der Waals surface area contributed by atoms with E-state index in [4.69, 9.17) is 10.5 Å². The van der Waals surface area contributed by atoms with Crippen LogP contribution in [-0.2, 0) is 19.6 Å². The Balaban J connectivity index is 2.96. The molecule has 10 heteroatoms.